The maximum atomic E-state index is 12.0. The third-order valence-electron chi connectivity index (χ3n) is 2.79. The smallest absolute Gasteiger partial charge is 0.492 e. The number of hydrogen-bond acceptors (Lipinski definition) is 4. The van der Waals surface area contributed by atoms with Crippen molar-refractivity contribution >= 4 is 0 Å². The van der Waals surface area contributed by atoms with Gasteiger partial charge in [-0.05, 0) is 38.2 Å². The molecule has 0 heterocycles. The molecule has 0 aliphatic rings. The Morgan fingerprint density at radius 2 is 1.75 bits per heavy atom. The van der Waals surface area contributed by atoms with Gasteiger partial charge in [-0.15, -0.1) is 13.2 Å². The molecule has 0 radical (unpaired) electrons. The molecule has 4 nitrogen and oxygen atoms in total. The van der Waals surface area contributed by atoms with Crippen LogP contribution >= 0.6 is 0 Å². The fourth-order valence-electron chi connectivity index (χ4n) is 1.40. The predicted octanol–water partition coefficient (Wildman–Crippen LogP) is 2.28. The first-order valence-electron chi connectivity index (χ1n) is 6.11. The van der Waals surface area contributed by atoms with Crippen molar-refractivity contribution in [2.24, 2.45) is 0 Å². The van der Waals surface area contributed by atoms with Crippen molar-refractivity contribution in [3.8, 4) is 11.5 Å². The maximum absolute atomic E-state index is 12.0. The van der Waals surface area contributed by atoms with Crippen molar-refractivity contribution in [3.63, 3.8) is 0 Å². The minimum Gasteiger partial charge on any atom is -0.492 e. The Morgan fingerprint density at radius 3 is 2.25 bits per heavy atom. The molecule has 20 heavy (non-hydrogen) atoms. The van der Waals surface area contributed by atoms with Crippen LogP contribution < -0.4 is 9.47 Å². The Balaban J connectivity index is 2.39. The summed E-state index contributed by atoms with van der Waals surface area (Å²) in [6, 6.07) is 5.25. The van der Waals surface area contributed by atoms with Gasteiger partial charge in [0.05, 0.1) is 6.61 Å². The predicted molar refractivity (Wildman–Crippen MR) is 67.8 cm³/mol. The first kappa shape index (κ1) is 16.6. The Hall–Kier alpha value is -1.47. The van der Waals surface area contributed by atoms with Gasteiger partial charge in [-0.1, -0.05) is 0 Å². The van der Waals surface area contributed by atoms with Gasteiger partial charge in [0.25, 0.3) is 0 Å². The van der Waals surface area contributed by atoms with Gasteiger partial charge in [-0.3, -0.25) is 4.90 Å². The molecule has 1 aromatic rings. The SMILES string of the molecule is CC(CO)N(C)CCOc1ccc(OC(F)(F)F)cc1. The van der Waals surface area contributed by atoms with Gasteiger partial charge < -0.3 is 14.6 Å². The molecule has 0 spiro atoms. The van der Waals surface area contributed by atoms with E-state index in [0.29, 0.717) is 18.9 Å². The Morgan fingerprint density at radius 1 is 1.20 bits per heavy atom. The highest BCUT2D eigenvalue weighted by molar-refractivity contribution is 5.31. The molecule has 7 heteroatoms. The fourth-order valence-corrected chi connectivity index (χ4v) is 1.40. The number of alkyl halides is 3. The Kier molecular flexibility index (Phi) is 6.09. The summed E-state index contributed by atoms with van der Waals surface area (Å²) in [5.41, 5.74) is 0. The zero-order chi connectivity index (χ0) is 15.2. The maximum Gasteiger partial charge on any atom is 0.573 e. The molecular formula is C13H18F3NO3. The van der Waals surface area contributed by atoms with Gasteiger partial charge in [-0.2, -0.15) is 0 Å². The van der Waals surface area contributed by atoms with Crippen LogP contribution in [0.3, 0.4) is 0 Å². The lowest BCUT2D eigenvalue weighted by Gasteiger charge is -2.22. The summed E-state index contributed by atoms with van der Waals surface area (Å²) in [6.07, 6.45) is -4.69. The molecular weight excluding hydrogens is 275 g/mol. The van der Waals surface area contributed by atoms with E-state index in [4.69, 9.17) is 9.84 Å². The van der Waals surface area contributed by atoms with Crippen LogP contribution in [-0.4, -0.2) is 49.2 Å². The zero-order valence-electron chi connectivity index (χ0n) is 11.4. The highest BCUT2D eigenvalue weighted by atomic mass is 19.4. The van der Waals surface area contributed by atoms with E-state index in [2.05, 4.69) is 4.74 Å². The second-order valence-electron chi connectivity index (χ2n) is 4.38. The lowest BCUT2D eigenvalue weighted by Crippen LogP contribution is -2.35. The molecule has 1 rings (SSSR count). The van der Waals surface area contributed by atoms with Crippen LogP contribution in [0.5, 0.6) is 11.5 Å². The molecule has 0 aromatic heterocycles. The largest absolute Gasteiger partial charge is 0.573 e. The molecule has 0 saturated heterocycles. The van der Waals surface area contributed by atoms with E-state index in [-0.39, 0.29) is 18.4 Å². The second-order valence-corrected chi connectivity index (χ2v) is 4.38. The van der Waals surface area contributed by atoms with Gasteiger partial charge in [0.2, 0.25) is 0 Å². The van der Waals surface area contributed by atoms with Crippen LogP contribution in [0.2, 0.25) is 0 Å². The van der Waals surface area contributed by atoms with E-state index in [1.165, 1.54) is 24.3 Å². The summed E-state index contributed by atoms with van der Waals surface area (Å²) in [4.78, 5) is 1.92. The van der Waals surface area contributed by atoms with Crippen molar-refractivity contribution in [1.29, 1.82) is 0 Å². The summed E-state index contributed by atoms with van der Waals surface area (Å²) in [5.74, 6) is 0.181. The summed E-state index contributed by atoms with van der Waals surface area (Å²) >= 11 is 0. The molecule has 1 atom stereocenters. The minimum atomic E-state index is -4.69. The van der Waals surface area contributed by atoms with Crippen LogP contribution in [0.15, 0.2) is 24.3 Å². The zero-order valence-corrected chi connectivity index (χ0v) is 11.4. The standard InChI is InChI=1S/C13H18F3NO3/c1-10(9-18)17(2)7-8-19-11-3-5-12(6-4-11)20-13(14,15)16/h3-6,10,18H,7-9H2,1-2H3. The average molecular weight is 293 g/mol. The van der Waals surface area contributed by atoms with Crippen LogP contribution in [-0.2, 0) is 0 Å². The minimum absolute atomic E-state index is 0.0289. The van der Waals surface area contributed by atoms with Gasteiger partial charge in [0.1, 0.15) is 18.1 Å². The van der Waals surface area contributed by atoms with Crippen LogP contribution in [0.25, 0.3) is 0 Å². The summed E-state index contributed by atoms with van der Waals surface area (Å²) < 4.78 is 45.0. The number of halogens is 3. The number of ether oxygens (including phenoxy) is 2. The molecule has 1 aromatic carbocycles. The van der Waals surface area contributed by atoms with E-state index < -0.39 is 6.36 Å². The number of nitrogens with zero attached hydrogens (tertiary/aromatic N) is 1. The van der Waals surface area contributed by atoms with Crippen molar-refractivity contribution in [1.82, 2.24) is 4.90 Å². The second kappa shape index (κ2) is 7.35. The van der Waals surface area contributed by atoms with Crippen LogP contribution in [0.1, 0.15) is 6.92 Å². The number of hydrogen-bond donors (Lipinski definition) is 1. The molecule has 0 saturated carbocycles. The number of aliphatic hydroxyl groups is 1. The fraction of sp³-hybridized carbons (Fsp3) is 0.538. The molecule has 0 fully saturated rings. The van der Waals surface area contributed by atoms with Crippen LogP contribution in [0, 0.1) is 0 Å². The van der Waals surface area contributed by atoms with Crippen molar-refractivity contribution in [2.45, 2.75) is 19.3 Å². The van der Waals surface area contributed by atoms with E-state index in [1.54, 1.807) is 0 Å². The number of benzene rings is 1. The first-order valence-corrected chi connectivity index (χ1v) is 6.11. The quantitative estimate of drug-likeness (QED) is 0.837. The number of likely N-dealkylation sites (N-methyl/N-ethyl adjacent to an activating group) is 1. The van der Waals surface area contributed by atoms with Crippen molar-refractivity contribution in [3.05, 3.63) is 24.3 Å². The average Bonchev–Trinajstić information content (AvgIpc) is 2.38. The van der Waals surface area contributed by atoms with E-state index in [1.807, 2.05) is 18.9 Å². The van der Waals surface area contributed by atoms with Gasteiger partial charge in [-0.25, -0.2) is 0 Å². The lowest BCUT2D eigenvalue weighted by molar-refractivity contribution is -0.274. The Labute approximate surface area is 115 Å². The van der Waals surface area contributed by atoms with Crippen molar-refractivity contribution in [2.75, 3.05) is 26.8 Å². The molecule has 1 N–H and O–H groups in total. The van der Waals surface area contributed by atoms with Crippen LogP contribution in [0.4, 0.5) is 13.2 Å². The molecule has 0 bridgehead atoms. The topological polar surface area (TPSA) is 41.9 Å². The van der Waals surface area contributed by atoms with Gasteiger partial charge in [0.15, 0.2) is 0 Å². The lowest BCUT2D eigenvalue weighted by atomic mass is 10.3. The molecule has 114 valence electrons. The third kappa shape index (κ3) is 6.12. The van der Waals surface area contributed by atoms with Gasteiger partial charge >= 0.3 is 6.36 Å². The summed E-state index contributed by atoms with van der Waals surface area (Å²) in [5, 5.41) is 8.96. The van der Waals surface area contributed by atoms with Crippen molar-refractivity contribution < 1.29 is 27.8 Å². The summed E-state index contributed by atoms with van der Waals surface area (Å²) in [7, 11) is 1.85. The molecule has 1 unspecified atom stereocenters. The molecule has 0 aliphatic heterocycles. The first-order chi connectivity index (χ1) is 9.31. The van der Waals surface area contributed by atoms with Gasteiger partial charge in [0, 0.05) is 12.6 Å². The number of aliphatic hydroxyl groups excluding tert-OH is 1. The molecule has 0 amide bonds. The highest BCUT2D eigenvalue weighted by Crippen LogP contribution is 2.24. The highest BCUT2D eigenvalue weighted by Gasteiger charge is 2.30. The van der Waals surface area contributed by atoms with E-state index in [9.17, 15) is 13.2 Å². The van der Waals surface area contributed by atoms with E-state index in [0.717, 1.165) is 0 Å². The summed E-state index contributed by atoms with van der Waals surface area (Å²) in [6.45, 7) is 2.91. The molecule has 0 aliphatic carbocycles. The van der Waals surface area contributed by atoms with E-state index >= 15 is 0 Å². The normalized spacial score (nSPS) is 13.3. The number of rotatable bonds is 7. The third-order valence-corrected chi connectivity index (χ3v) is 2.79. The Bertz CT molecular complexity index is 395. The monoisotopic (exact) mass is 293 g/mol.